The summed E-state index contributed by atoms with van der Waals surface area (Å²) < 4.78 is 5.30. The summed E-state index contributed by atoms with van der Waals surface area (Å²) in [5.41, 5.74) is 0. The van der Waals surface area contributed by atoms with E-state index in [1.54, 1.807) is 12.4 Å². The molecule has 0 atom stereocenters. The largest absolute Gasteiger partial charge is 0.488 e. The predicted molar refractivity (Wildman–Crippen MR) is 44.5 cm³/mol. The Labute approximate surface area is 66.5 Å². The van der Waals surface area contributed by atoms with Crippen molar-refractivity contribution in [1.29, 1.82) is 0 Å². The van der Waals surface area contributed by atoms with Gasteiger partial charge in [0.05, 0.1) is 6.20 Å². The molecular formula is C9H11NO. The van der Waals surface area contributed by atoms with Crippen LogP contribution in [0.25, 0.3) is 0 Å². The molecule has 0 aliphatic rings. The Hall–Kier alpha value is -1.31. The maximum atomic E-state index is 5.30. The number of ether oxygens (including phenoxy) is 1. The van der Waals surface area contributed by atoms with Gasteiger partial charge in [-0.2, -0.15) is 0 Å². The summed E-state index contributed by atoms with van der Waals surface area (Å²) in [6.45, 7) is 2.58. The molecule has 0 bridgehead atoms. The van der Waals surface area contributed by atoms with Gasteiger partial charge in [-0.05, 0) is 19.1 Å². The van der Waals surface area contributed by atoms with Gasteiger partial charge in [0.15, 0.2) is 0 Å². The molecule has 1 aromatic rings. The number of nitrogens with zero attached hydrogens (tertiary/aromatic N) is 1. The smallest absolute Gasteiger partial charge is 0.138 e. The third-order valence-corrected chi connectivity index (χ3v) is 1.22. The van der Waals surface area contributed by atoms with Gasteiger partial charge in [0.2, 0.25) is 0 Å². The summed E-state index contributed by atoms with van der Waals surface area (Å²) in [6.07, 6.45) is 7.33. The van der Waals surface area contributed by atoms with Crippen LogP contribution in [0, 0.1) is 0 Å². The molecule has 0 aliphatic carbocycles. The first-order chi connectivity index (χ1) is 5.43. The van der Waals surface area contributed by atoms with E-state index >= 15 is 0 Å². The molecule has 0 radical (unpaired) electrons. The van der Waals surface area contributed by atoms with E-state index in [2.05, 4.69) is 4.98 Å². The Balaban J connectivity index is 2.39. The Bertz CT molecular complexity index is 218. The van der Waals surface area contributed by atoms with Crippen LogP contribution in [0.4, 0.5) is 0 Å². The summed E-state index contributed by atoms with van der Waals surface area (Å²) in [4.78, 5) is 3.91. The Morgan fingerprint density at radius 1 is 1.64 bits per heavy atom. The first kappa shape index (κ1) is 7.79. The van der Waals surface area contributed by atoms with Crippen LogP contribution < -0.4 is 4.74 Å². The molecule has 1 rings (SSSR count). The van der Waals surface area contributed by atoms with Crippen molar-refractivity contribution in [2.75, 3.05) is 6.61 Å². The van der Waals surface area contributed by atoms with Crippen molar-refractivity contribution in [3.05, 3.63) is 36.7 Å². The van der Waals surface area contributed by atoms with Gasteiger partial charge >= 0.3 is 0 Å². The van der Waals surface area contributed by atoms with Crippen molar-refractivity contribution in [3.8, 4) is 5.75 Å². The highest BCUT2D eigenvalue weighted by atomic mass is 16.5. The predicted octanol–water partition coefficient (Wildman–Crippen LogP) is 2.04. The maximum Gasteiger partial charge on any atom is 0.138 e. The minimum absolute atomic E-state index is 0.613. The minimum Gasteiger partial charge on any atom is -0.488 e. The van der Waals surface area contributed by atoms with Crippen molar-refractivity contribution in [3.63, 3.8) is 0 Å². The van der Waals surface area contributed by atoms with Crippen LogP contribution in [-0.2, 0) is 0 Å². The van der Waals surface area contributed by atoms with E-state index in [1.165, 1.54) is 0 Å². The molecule has 0 amide bonds. The lowest BCUT2D eigenvalue weighted by atomic mass is 10.4. The molecule has 58 valence electrons. The van der Waals surface area contributed by atoms with Gasteiger partial charge in [-0.3, -0.25) is 4.98 Å². The zero-order valence-corrected chi connectivity index (χ0v) is 6.53. The molecule has 2 nitrogen and oxygen atoms in total. The van der Waals surface area contributed by atoms with Crippen LogP contribution >= 0.6 is 0 Å². The fourth-order valence-corrected chi connectivity index (χ4v) is 0.673. The van der Waals surface area contributed by atoms with Crippen LogP contribution in [0.5, 0.6) is 5.75 Å². The molecule has 0 saturated heterocycles. The standard InChI is InChI=1S/C9H11NO/c1-2-3-7-11-9-5-4-6-10-8-9/h2-6,8H,7H2,1H3. The SMILES string of the molecule is CC=CCOc1cccnc1. The normalized spacial score (nSPS) is 10.3. The lowest BCUT2D eigenvalue weighted by molar-refractivity contribution is 0.361. The second kappa shape index (κ2) is 4.50. The number of aromatic nitrogens is 1. The van der Waals surface area contributed by atoms with E-state index in [0.29, 0.717) is 6.61 Å². The first-order valence-corrected chi connectivity index (χ1v) is 3.57. The topological polar surface area (TPSA) is 22.1 Å². The number of pyridine rings is 1. The second-order valence-electron chi connectivity index (χ2n) is 2.07. The molecule has 0 fully saturated rings. The third-order valence-electron chi connectivity index (χ3n) is 1.22. The molecule has 0 aliphatic heterocycles. The van der Waals surface area contributed by atoms with Crippen LogP contribution in [0.1, 0.15) is 6.92 Å². The molecule has 0 saturated carbocycles. The third kappa shape index (κ3) is 2.85. The van der Waals surface area contributed by atoms with Crippen molar-refractivity contribution in [2.45, 2.75) is 6.92 Å². The van der Waals surface area contributed by atoms with Gasteiger partial charge in [-0.1, -0.05) is 12.2 Å². The van der Waals surface area contributed by atoms with E-state index in [9.17, 15) is 0 Å². The summed E-state index contributed by atoms with van der Waals surface area (Å²) in [5, 5.41) is 0. The molecule has 0 spiro atoms. The average molecular weight is 149 g/mol. The van der Waals surface area contributed by atoms with Gasteiger partial charge in [-0.25, -0.2) is 0 Å². The highest BCUT2D eigenvalue weighted by molar-refractivity contribution is 5.15. The molecule has 0 aromatic carbocycles. The van der Waals surface area contributed by atoms with E-state index in [0.717, 1.165) is 5.75 Å². The van der Waals surface area contributed by atoms with Crippen LogP contribution in [0.15, 0.2) is 36.7 Å². The summed E-state index contributed by atoms with van der Waals surface area (Å²) in [7, 11) is 0. The summed E-state index contributed by atoms with van der Waals surface area (Å²) in [6, 6.07) is 3.74. The molecule has 11 heavy (non-hydrogen) atoms. The lowest BCUT2D eigenvalue weighted by Crippen LogP contribution is -1.92. The molecular weight excluding hydrogens is 138 g/mol. The van der Waals surface area contributed by atoms with Crippen LogP contribution in [-0.4, -0.2) is 11.6 Å². The fraction of sp³-hybridized carbons (Fsp3) is 0.222. The highest BCUT2D eigenvalue weighted by Crippen LogP contribution is 2.05. The van der Waals surface area contributed by atoms with Crippen LogP contribution in [0.2, 0.25) is 0 Å². The quantitative estimate of drug-likeness (QED) is 0.613. The van der Waals surface area contributed by atoms with Crippen molar-refractivity contribution < 1.29 is 4.74 Å². The minimum atomic E-state index is 0.613. The number of rotatable bonds is 3. The zero-order valence-electron chi connectivity index (χ0n) is 6.53. The van der Waals surface area contributed by atoms with E-state index in [4.69, 9.17) is 4.74 Å². The van der Waals surface area contributed by atoms with Crippen molar-refractivity contribution >= 4 is 0 Å². The summed E-state index contributed by atoms with van der Waals surface area (Å²) in [5.74, 6) is 0.811. The van der Waals surface area contributed by atoms with Gasteiger partial charge in [0.25, 0.3) is 0 Å². The molecule has 0 unspecified atom stereocenters. The van der Waals surface area contributed by atoms with E-state index < -0.39 is 0 Å². The summed E-state index contributed by atoms with van der Waals surface area (Å²) >= 11 is 0. The van der Waals surface area contributed by atoms with Gasteiger partial charge < -0.3 is 4.74 Å². The highest BCUT2D eigenvalue weighted by Gasteiger charge is 1.86. The Morgan fingerprint density at radius 3 is 3.18 bits per heavy atom. The second-order valence-corrected chi connectivity index (χ2v) is 2.07. The van der Waals surface area contributed by atoms with Gasteiger partial charge in [-0.15, -0.1) is 0 Å². The first-order valence-electron chi connectivity index (χ1n) is 3.57. The van der Waals surface area contributed by atoms with E-state index in [-0.39, 0.29) is 0 Å². The van der Waals surface area contributed by atoms with Crippen LogP contribution in [0.3, 0.4) is 0 Å². The fourth-order valence-electron chi connectivity index (χ4n) is 0.673. The van der Waals surface area contributed by atoms with Gasteiger partial charge in [0.1, 0.15) is 12.4 Å². The van der Waals surface area contributed by atoms with E-state index in [1.807, 2.05) is 31.2 Å². The molecule has 1 aromatic heterocycles. The number of hydrogen-bond acceptors (Lipinski definition) is 2. The number of allylic oxidation sites excluding steroid dienone is 1. The van der Waals surface area contributed by atoms with Crippen molar-refractivity contribution in [2.24, 2.45) is 0 Å². The molecule has 1 heterocycles. The zero-order chi connectivity index (χ0) is 7.94. The monoisotopic (exact) mass is 149 g/mol. The Morgan fingerprint density at radius 2 is 2.55 bits per heavy atom. The lowest BCUT2D eigenvalue weighted by Gasteiger charge is -1.99. The molecule has 0 N–H and O–H groups in total. The van der Waals surface area contributed by atoms with Gasteiger partial charge in [0, 0.05) is 6.20 Å². The number of hydrogen-bond donors (Lipinski definition) is 0. The molecule has 2 heteroatoms. The maximum absolute atomic E-state index is 5.30. The Kier molecular flexibility index (Phi) is 3.19. The van der Waals surface area contributed by atoms with Crippen molar-refractivity contribution in [1.82, 2.24) is 4.98 Å². The average Bonchev–Trinajstić information content (AvgIpc) is 2.07.